The Kier molecular flexibility index (Phi) is 6.15. The number of hydrogen-bond acceptors (Lipinski definition) is 6. The number of carbonyl (C=O) groups excluding carboxylic acids is 1. The van der Waals surface area contributed by atoms with Crippen molar-refractivity contribution in [2.24, 2.45) is 0 Å². The number of nitrogens with zero attached hydrogens (tertiary/aromatic N) is 4. The molecule has 1 saturated heterocycles. The number of piperazine rings is 1. The lowest BCUT2D eigenvalue weighted by Gasteiger charge is -2.34. The molecular weight excluding hydrogens is 445 g/mol. The summed E-state index contributed by atoms with van der Waals surface area (Å²) in [4.78, 5) is 28.2. The van der Waals surface area contributed by atoms with Crippen LogP contribution in [0.25, 0.3) is 22.2 Å². The number of aromatic nitrogens is 3. The second kappa shape index (κ2) is 9.55. The lowest BCUT2D eigenvalue weighted by molar-refractivity contribution is -0.111. The summed E-state index contributed by atoms with van der Waals surface area (Å²) in [6, 6.07) is 12.6. The van der Waals surface area contributed by atoms with Gasteiger partial charge in [0, 0.05) is 49.3 Å². The number of fused-ring (bicyclic) bond motifs is 1. The first-order valence-electron chi connectivity index (χ1n) is 11.4. The van der Waals surface area contributed by atoms with Crippen molar-refractivity contribution < 1.29 is 9.18 Å². The summed E-state index contributed by atoms with van der Waals surface area (Å²) < 4.78 is 14.9. The Hall–Kier alpha value is -4.24. The van der Waals surface area contributed by atoms with Crippen LogP contribution in [0.15, 0.2) is 67.5 Å². The van der Waals surface area contributed by atoms with Crippen LogP contribution in [0.3, 0.4) is 0 Å². The predicted octanol–water partition coefficient (Wildman–Crippen LogP) is 4.38. The van der Waals surface area contributed by atoms with Gasteiger partial charge in [0.25, 0.3) is 0 Å². The van der Waals surface area contributed by atoms with Crippen molar-refractivity contribution in [1.29, 1.82) is 0 Å². The molecule has 1 aliphatic heterocycles. The topological polar surface area (TPSA) is 89.2 Å². The van der Waals surface area contributed by atoms with E-state index in [-0.39, 0.29) is 11.7 Å². The van der Waals surface area contributed by atoms with Crippen molar-refractivity contribution in [3.63, 3.8) is 0 Å². The first-order valence-corrected chi connectivity index (χ1v) is 11.4. The summed E-state index contributed by atoms with van der Waals surface area (Å²) in [5.74, 6) is -0.191. The molecule has 4 aromatic rings. The number of likely N-dealkylation sites (N-methyl/N-ethyl adjacent to an activating group) is 1. The molecule has 1 aliphatic rings. The van der Waals surface area contributed by atoms with Gasteiger partial charge in [-0.05, 0) is 49.0 Å². The van der Waals surface area contributed by atoms with Gasteiger partial charge >= 0.3 is 0 Å². The summed E-state index contributed by atoms with van der Waals surface area (Å²) in [5, 5.41) is 5.88. The van der Waals surface area contributed by atoms with Gasteiger partial charge in [-0.15, -0.1) is 0 Å². The Morgan fingerprint density at radius 1 is 1.14 bits per heavy atom. The lowest BCUT2D eigenvalue weighted by atomic mass is 10.1. The second-order valence-corrected chi connectivity index (χ2v) is 8.51. The minimum atomic E-state index is -0.277. The van der Waals surface area contributed by atoms with E-state index in [2.05, 4.69) is 49.0 Å². The fourth-order valence-electron chi connectivity index (χ4n) is 4.17. The highest BCUT2D eigenvalue weighted by Gasteiger charge is 2.18. The highest BCUT2D eigenvalue weighted by atomic mass is 19.1. The van der Waals surface area contributed by atoms with Crippen molar-refractivity contribution in [2.45, 2.75) is 0 Å². The highest BCUT2D eigenvalue weighted by Crippen LogP contribution is 2.30. The molecule has 3 N–H and O–H groups in total. The van der Waals surface area contributed by atoms with E-state index in [1.165, 1.54) is 12.1 Å². The van der Waals surface area contributed by atoms with E-state index < -0.39 is 0 Å². The van der Waals surface area contributed by atoms with E-state index in [4.69, 9.17) is 0 Å². The fourth-order valence-corrected chi connectivity index (χ4v) is 4.17. The molecule has 0 bridgehead atoms. The quantitative estimate of drug-likeness (QED) is 0.362. The summed E-state index contributed by atoms with van der Waals surface area (Å²) in [6.45, 7) is 6.91. The Bertz CT molecular complexity index is 1390. The van der Waals surface area contributed by atoms with Crippen LogP contribution in [-0.4, -0.2) is 59.0 Å². The molecule has 0 spiro atoms. The minimum absolute atomic E-state index is 0.277. The monoisotopic (exact) mass is 471 g/mol. The number of nitrogens with one attached hydrogen (secondary N) is 3. The van der Waals surface area contributed by atoms with Crippen molar-refractivity contribution in [3.8, 4) is 11.1 Å². The second-order valence-electron chi connectivity index (χ2n) is 8.51. The predicted molar refractivity (Wildman–Crippen MR) is 138 cm³/mol. The summed E-state index contributed by atoms with van der Waals surface area (Å²) >= 11 is 0. The van der Waals surface area contributed by atoms with Gasteiger partial charge in [0.2, 0.25) is 11.9 Å². The molecular formula is C26H26FN7O. The van der Waals surface area contributed by atoms with E-state index in [0.29, 0.717) is 28.5 Å². The van der Waals surface area contributed by atoms with Crippen LogP contribution in [0, 0.1) is 5.82 Å². The van der Waals surface area contributed by atoms with Gasteiger partial charge in [0.15, 0.2) is 0 Å². The van der Waals surface area contributed by atoms with Gasteiger partial charge in [-0.2, -0.15) is 0 Å². The summed E-state index contributed by atoms with van der Waals surface area (Å²) in [7, 11) is 2.07. The van der Waals surface area contributed by atoms with Crippen LogP contribution in [-0.2, 0) is 4.79 Å². The van der Waals surface area contributed by atoms with Crippen molar-refractivity contribution in [3.05, 3.63) is 73.3 Å². The normalized spacial score (nSPS) is 14.2. The molecule has 8 nitrogen and oxygen atoms in total. The first-order chi connectivity index (χ1) is 17.0. The van der Waals surface area contributed by atoms with E-state index in [9.17, 15) is 9.18 Å². The molecule has 1 amide bonds. The molecule has 0 atom stereocenters. The SMILES string of the molecule is C=CC(=O)Nc1cccc(-c2c[nH]c3cnc(Nc4ccc(N5CCN(C)CC5)c(F)c4)nc23)c1. The van der Waals surface area contributed by atoms with Gasteiger partial charge in [-0.25, -0.2) is 14.4 Å². The number of halogens is 1. The zero-order chi connectivity index (χ0) is 24.4. The number of H-pyrrole nitrogens is 1. The number of amides is 1. The average Bonchev–Trinajstić information content (AvgIpc) is 3.28. The molecule has 0 saturated carbocycles. The minimum Gasteiger partial charge on any atom is -0.367 e. The highest BCUT2D eigenvalue weighted by molar-refractivity contribution is 6.00. The Balaban J connectivity index is 1.38. The number of anilines is 4. The molecule has 0 radical (unpaired) electrons. The maximum absolute atomic E-state index is 14.9. The molecule has 178 valence electrons. The van der Waals surface area contributed by atoms with Gasteiger partial charge in [-0.3, -0.25) is 4.79 Å². The van der Waals surface area contributed by atoms with E-state index in [1.807, 2.05) is 36.5 Å². The number of hydrogen-bond donors (Lipinski definition) is 3. The first kappa shape index (κ1) is 22.5. The molecule has 1 fully saturated rings. The molecule has 9 heteroatoms. The van der Waals surface area contributed by atoms with Crippen LogP contribution in [0.4, 0.5) is 27.4 Å². The van der Waals surface area contributed by atoms with Crippen LogP contribution in [0.5, 0.6) is 0 Å². The molecule has 5 rings (SSSR count). The zero-order valence-electron chi connectivity index (χ0n) is 19.4. The van der Waals surface area contributed by atoms with Gasteiger partial charge in [0.1, 0.15) is 11.3 Å². The third kappa shape index (κ3) is 4.85. The molecule has 2 aromatic heterocycles. The molecule has 0 aliphatic carbocycles. The zero-order valence-corrected chi connectivity index (χ0v) is 19.4. The molecule has 35 heavy (non-hydrogen) atoms. The number of carbonyl (C=O) groups is 1. The Morgan fingerprint density at radius 3 is 2.74 bits per heavy atom. The van der Waals surface area contributed by atoms with Gasteiger partial charge in [-0.1, -0.05) is 18.7 Å². The summed E-state index contributed by atoms with van der Waals surface area (Å²) in [6.07, 6.45) is 4.76. The van der Waals surface area contributed by atoms with E-state index >= 15 is 0 Å². The smallest absolute Gasteiger partial charge is 0.247 e. The molecule has 2 aromatic carbocycles. The lowest BCUT2D eigenvalue weighted by Crippen LogP contribution is -2.44. The third-order valence-corrected chi connectivity index (χ3v) is 6.09. The van der Waals surface area contributed by atoms with Crippen LogP contribution in [0.1, 0.15) is 0 Å². The fraction of sp³-hybridized carbons (Fsp3) is 0.192. The molecule has 3 heterocycles. The molecule has 0 unspecified atom stereocenters. The van der Waals surface area contributed by atoms with Gasteiger partial charge in [0.05, 0.1) is 17.4 Å². The number of benzene rings is 2. The van der Waals surface area contributed by atoms with E-state index in [0.717, 1.165) is 42.8 Å². The Labute approximate surface area is 202 Å². The van der Waals surface area contributed by atoms with Gasteiger partial charge < -0.3 is 25.4 Å². The standard InChI is InChI=1S/C26H26FN7O/c1-3-24(35)30-18-6-4-5-17(13-18)20-15-28-22-16-29-26(32-25(20)22)31-19-7-8-23(21(27)14-19)34-11-9-33(2)10-12-34/h3-8,13-16,28H,1,9-12H2,2H3,(H,30,35)(H,29,31,32). The summed E-state index contributed by atoms with van der Waals surface area (Å²) in [5.41, 5.74) is 5.06. The maximum Gasteiger partial charge on any atom is 0.247 e. The van der Waals surface area contributed by atoms with Crippen molar-refractivity contribution in [2.75, 3.05) is 48.8 Å². The number of rotatable bonds is 6. The number of aromatic amines is 1. The largest absolute Gasteiger partial charge is 0.367 e. The van der Waals surface area contributed by atoms with Crippen LogP contribution < -0.4 is 15.5 Å². The van der Waals surface area contributed by atoms with Crippen LogP contribution >= 0.6 is 0 Å². The Morgan fingerprint density at radius 2 is 1.97 bits per heavy atom. The van der Waals surface area contributed by atoms with E-state index in [1.54, 1.807) is 12.3 Å². The maximum atomic E-state index is 14.9. The van der Waals surface area contributed by atoms with Crippen molar-refractivity contribution in [1.82, 2.24) is 19.9 Å². The van der Waals surface area contributed by atoms with Crippen molar-refractivity contribution >= 4 is 40.0 Å². The third-order valence-electron chi connectivity index (χ3n) is 6.09. The van der Waals surface area contributed by atoms with Crippen LogP contribution in [0.2, 0.25) is 0 Å². The average molecular weight is 472 g/mol.